The molecule has 1 fully saturated rings. The van der Waals surface area contributed by atoms with Gasteiger partial charge in [0.05, 0.1) is 5.56 Å². The maximum atomic E-state index is 12.8. The topological polar surface area (TPSA) is 96.1 Å². The van der Waals surface area contributed by atoms with E-state index in [2.05, 4.69) is 34.0 Å². The van der Waals surface area contributed by atoms with Gasteiger partial charge in [0.2, 0.25) is 0 Å². The van der Waals surface area contributed by atoms with Crippen molar-refractivity contribution >= 4 is 6.16 Å². The fourth-order valence-corrected chi connectivity index (χ4v) is 3.57. The van der Waals surface area contributed by atoms with Crippen molar-refractivity contribution in [1.29, 1.82) is 5.26 Å². The van der Waals surface area contributed by atoms with E-state index in [0.717, 1.165) is 24.4 Å². The maximum absolute atomic E-state index is 12.8. The van der Waals surface area contributed by atoms with Crippen LogP contribution in [0.2, 0.25) is 0 Å². The van der Waals surface area contributed by atoms with Crippen LogP contribution in [0.4, 0.5) is 9.18 Å². The molecular formula is C24H30FN3O3. The molecule has 1 aliphatic rings. The van der Waals surface area contributed by atoms with E-state index >= 15 is 0 Å². The van der Waals surface area contributed by atoms with E-state index in [1.807, 2.05) is 0 Å². The zero-order valence-electron chi connectivity index (χ0n) is 18.0. The smallest absolute Gasteiger partial charge is 0.449 e. The summed E-state index contributed by atoms with van der Waals surface area (Å²) in [6.45, 7) is 2.25. The highest BCUT2D eigenvalue weighted by Crippen LogP contribution is 2.30. The molecule has 0 amide bonds. The van der Waals surface area contributed by atoms with Gasteiger partial charge in [-0.3, -0.25) is 0 Å². The number of hydrogen-bond donors (Lipinski definition) is 1. The van der Waals surface area contributed by atoms with Crippen molar-refractivity contribution in [3.8, 4) is 11.8 Å². The Morgan fingerprint density at radius 1 is 1.19 bits per heavy atom. The zero-order chi connectivity index (χ0) is 22.5. The minimum atomic E-state index is -1.52. The van der Waals surface area contributed by atoms with Gasteiger partial charge in [0.15, 0.2) is 0 Å². The van der Waals surface area contributed by atoms with Gasteiger partial charge < -0.3 is 9.84 Å². The fraction of sp³-hybridized carbons (Fsp3) is 0.500. The molecule has 3 rings (SSSR count). The first kappa shape index (κ1) is 24.3. The molecule has 166 valence electrons. The van der Waals surface area contributed by atoms with Gasteiger partial charge in [-0.25, -0.2) is 19.2 Å². The van der Waals surface area contributed by atoms with Crippen LogP contribution in [0.1, 0.15) is 87.6 Å². The molecule has 0 saturated heterocycles. The molecule has 1 N–H and O–H groups in total. The molecule has 0 atom stereocenters. The number of ether oxygens (including phenoxy) is 1. The summed E-state index contributed by atoms with van der Waals surface area (Å²) in [6, 6.07) is 4.79. The number of hydrogen-bond acceptors (Lipinski definition) is 5. The Labute approximate surface area is 183 Å². The van der Waals surface area contributed by atoms with Crippen LogP contribution < -0.4 is 4.74 Å². The predicted octanol–water partition coefficient (Wildman–Crippen LogP) is 6.40. The first-order valence-corrected chi connectivity index (χ1v) is 10.9. The number of nitrogens with zero attached hydrogens (tertiary/aromatic N) is 3. The van der Waals surface area contributed by atoms with E-state index in [1.165, 1.54) is 69.4 Å². The monoisotopic (exact) mass is 427 g/mol. The Kier molecular flexibility index (Phi) is 10.4. The second-order valence-electron chi connectivity index (χ2n) is 7.72. The van der Waals surface area contributed by atoms with Gasteiger partial charge in [0.1, 0.15) is 23.5 Å². The average Bonchev–Trinajstić information content (AvgIpc) is 2.78. The van der Waals surface area contributed by atoms with E-state index in [4.69, 9.17) is 10.4 Å². The third-order valence-electron chi connectivity index (χ3n) is 5.28. The molecule has 7 heteroatoms. The maximum Gasteiger partial charge on any atom is 0.511 e. The van der Waals surface area contributed by atoms with Crippen LogP contribution in [0.15, 0.2) is 30.6 Å². The van der Waals surface area contributed by atoms with Crippen molar-refractivity contribution in [2.24, 2.45) is 0 Å². The molecule has 2 aromatic rings. The van der Waals surface area contributed by atoms with E-state index in [0.29, 0.717) is 5.92 Å². The SMILES string of the molecule is CCCCCCc1cnc(C2CCCCC2)nc1.N#Cc1ccc(OC(=O)O)cc1F. The Hall–Kier alpha value is -3.01. The lowest BCUT2D eigenvalue weighted by Crippen LogP contribution is -2.08. The molecule has 0 bridgehead atoms. The second kappa shape index (κ2) is 13.3. The number of halogens is 1. The molecule has 1 aliphatic carbocycles. The summed E-state index contributed by atoms with van der Waals surface area (Å²) in [5.41, 5.74) is 1.16. The van der Waals surface area contributed by atoms with Crippen molar-refractivity contribution in [3.05, 3.63) is 53.4 Å². The van der Waals surface area contributed by atoms with E-state index < -0.39 is 12.0 Å². The highest BCUT2D eigenvalue weighted by atomic mass is 19.1. The minimum Gasteiger partial charge on any atom is -0.449 e. The van der Waals surface area contributed by atoms with Crippen molar-refractivity contribution in [3.63, 3.8) is 0 Å². The summed E-state index contributed by atoms with van der Waals surface area (Å²) in [4.78, 5) is 19.2. The molecule has 31 heavy (non-hydrogen) atoms. The number of carboxylic acid groups (broad SMARTS) is 1. The Balaban J connectivity index is 0.000000233. The van der Waals surface area contributed by atoms with Gasteiger partial charge in [-0.15, -0.1) is 0 Å². The Bertz CT molecular complexity index is 859. The third kappa shape index (κ3) is 8.71. The molecule has 0 unspecified atom stereocenters. The van der Waals surface area contributed by atoms with Crippen molar-refractivity contribution in [1.82, 2.24) is 9.97 Å². The number of rotatable bonds is 7. The van der Waals surface area contributed by atoms with Crippen LogP contribution in [0.3, 0.4) is 0 Å². The number of aryl methyl sites for hydroxylation is 1. The van der Waals surface area contributed by atoms with E-state index in [9.17, 15) is 9.18 Å². The van der Waals surface area contributed by atoms with Crippen LogP contribution in [0.25, 0.3) is 0 Å². The van der Waals surface area contributed by atoms with Crippen LogP contribution >= 0.6 is 0 Å². The first-order valence-electron chi connectivity index (χ1n) is 10.9. The number of unbranched alkanes of at least 4 members (excludes halogenated alkanes) is 3. The lowest BCUT2D eigenvalue weighted by atomic mass is 9.89. The molecular weight excluding hydrogens is 397 g/mol. The molecule has 1 saturated carbocycles. The number of benzene rings is 1. The van der Waals surface area contributed by atoms with Gasteiger partial charge in [-0.05, 0) is 43.4 Å². The molecule has 0 aliphatic heterocycles. The summed E-state index contributed by atoms with van der Waals surface area (Å²) in [6.07, 6.45) is 15.7. The number of carbonyl (C=O) groups is 1. The Morgan fingerprint density at radius 2 is 1.90 bits per heavy atom. The van der Waals surface area contributed by atoms with Crippen LogP contribution in [-0.4, -0.2) is 21.2 Å². The standard InChI is InChI=1S/C16H26N2.C8H4FNO3/c1-2-3-4-6-9-14-12-17-16(18-13-14)15-10-7-5-8-11-15;9-7-3-6(13-8(11)12)2-1-5(7)4-10/h12-13,15H,2-11H2,1H3;1-3H,(H,11,12). The third-order valence-corrected chi connectivity index (χ3v) is 5.28. The molecule has 0 spiro atoms. The summed E-state index contributed by atoms with van der Waals surface area (Å²) >= 11 is 0. The largest absolute Gasteiger partial charge is 0.511 e. The fourth-order valence-electron chi connectivity index (χ4n) is 3.57. The minimum absolute atomic E-state index is 0.149. The van der Waals surface area contributed by atoms with Gasteiger partial charge in [0.25, 0.3) is 0 Å². The van der Waals surface area contributed by atoms with Gasteiger partial charge in [0, 0.05) is 24.4 Å². The van der Waals surface area contributed by atoms with Crippen LogP contribution in [0.5, 0.6) is 5.75 Å². The number of aromatic nitrogens is 2. The first-order chi connectivity index (χ1) is 15.0. The quantitative estimate of drug-likeness (QED) is 0.312. The van der Waals surface area contributed by atoms with Crippen molar-refractivity contribution in [2.45, 2.75) is 77.0 Å². The van der Waals surface area contributed by atoms with Crippen LogP contribution in [0, 0.1) is 17.1 Å². The zero-order valence-corrected chi connectivity index (χ0v) is 18.0. The molecule has 0 radical (unpaired) electrons. The summed E-state index contributed by atoms with van der Waals surface area (Å²) < 4.78 is 17.0. The normalized spacial score (nSPS) is 13.6. The van der Waals surface area contributed by atoms with Crippen molar-refractivity contribution < 1.29 is 19.0 Å². The predicted molar refractivity (Wildman–Crippen MR) is 115 cm³/mol. The summed E-state index contributed by atoms with van der Waals surface area (Å²) in [5, 5.41) is 16.5. The Morgan fingerprint density at radius 3 is 2.48 bits per heavy atom. The van der Waals surface area contributed by atoms with Crippen LogP contribution in [-0.2, 0) is 6.42 Å². The number of nitriles is 1. The second-order valence-corrected chi connectivity index (χ2v) is 7.72. The van der Waals surface area contributed by atoms with Gasteiger partial charge >= 0.3 is 6.16 Å². The highest BCUT2D eigenvalue weighted by Gasteiger charge is 2.17. The van der Waals surface area contributed by atoms with Crippen molar-refractivity contribution in [2.75, 3.05) is 0 Å². The van der Waals surface area contributed by atoms with Gasteiger partial charge in [-0.1, -0.05) is 45.4 Å². The summed E-state index contributed by atoms with van der Waals surface area (Å²) in [5.74, 6) is 0.769. The highest BCUT2D eigenvalue weighted by molar-refractivity contribution is 5.61. The molecule has 1 aromatic carbocycles. The lowest BCUT2D eigenvalue weighted by molar-refractivity contribution is 0.144. The molecule has 1 heterocycles. The van der Waals surface area contributed by atoms with Gasteiger partial charge in [-0.2, -0.15) is 5.26 Å². The molecule has 1 aromatic heterocycles. The summed E-state index contributed by atoms with van der Waals surface area (Å²) in [7, 11) is 0. The van der Waals surface area contributed by atoms with E-state index in [-0.39, 0.29) is 11.3 Å². The molecule has 6 nitrogen and oxygen atoms in total. The average molecular weight is 428 g/mol. The lowest BCUT2D eigenvalue weighted by Gasteiger charge is -2.19. The van der Waals surface area contributed by atoms with E-state index in [1.54, 1.807) is 6.07 Å².